The summed E-state index contributed by atoms with van der Waals surface area (Å²) in [5.74, 6) is -0.346. The zero-order valence-corrected chi connectivity index (χ0v) is 17.8. The molecule has 0 aliphatic carbocycles. The van der Waals surface area contributed by atoms with Crippen LogP contribution < -0.4 is 9.47 Å². The maximum Gasteiger partial charge on any atom is 0.344 e. The van der Waals surface area contributed by atoms with Crippen LogP contribution in [0.15, 0.2) is 40.9 Å². The van der Waals surface area contributed by atoms with Gasteiger partial charge >= 0.3 is 12.0 Å². The van der Waals surface area contributed by atoms with Crippen molar-refractivity contribution in [1.82, 2.24) is 15.0 Å². The van der Waals surface area contributed by atoms with Gasteiger partial charge in [0.2, 0.25) is 5.89 Å². The third-order valence-electron chi connectivity index (χ3n) is 4.83. The molecule has 4 rings (SSSR count). The molecule has 0 bridgehead atoms. The molecular weight excluding hydrogens is 417 g/mol. The first-order valence-corrected chi connectivity index (χ1v) is 9.80. The number of oxazole rings is 1. The Morgan fingerprint density at radius 3 is 2.50 bits per heavy atom. The van der Waals surface area contributed by atoms with Gasteiger partial charge in [-0.15, -0.1) is 0 Å². The Labute approximate surface area is 182 Å². The molecule has 2 heterocycles. The third-order valence-corrected chi connectivity index (χ3v) is 4.83. The highest BCUT2D eigenvalue weighted by atomic mass is 19.1. The number of fused-ring (bicyclic) bond motifs is 1. The summed E-state index contributed by atoms with van der Waals surface area (Å²) in [6.07, 6.45) is 0.489. The van der Waals surface area contributed by atoms with Crippen LogP contribution in [0, 0.1) is 26.6 Å². The number of nitrogens with zero attached hydrogens (tertiary/aromatic N) is 3. The van der Waals surface area contributed by atoms with Crippen LogP contribution in [0.4, 0.5) is 4.39 Å². The number of halogens is 1. The molecule has 2 aromatic carbocycles. The fourth-order valence-corrected chi connectivity index (χ4v) is 3.16. The van der Waals surface area contributed by atoms with Crippen LogP contribution in [0.5, 0.6) is 17.5 Å². The van der Waals surface area contributed by atoms with E-state index in [9.17, 15) is 9.18 Å². The zero-order chi connectivity index (χ0) is 23.0. The second-order valence-electron chi connectivity index (χ2n) is 7.41. The van der Waals surface area contributed by atoms with Gasteiger partial charge in [0.05, 0.1) is 6.20 Å². The van der Waals surface area contributed by atoms with Crippen molar-refractivity contribution in [3.8, 4) is 29.0 Å². The number of aromatic nitrogens is 3. The normalized spacial score (nSPS) is 12.0. The highest BCUT2D eigenvalue weighted by Crippen LogP contribution is 2.32. The van der Waals surface area contributed by atoms with Gasteiger partial charge in [0.15, 0.2) is 6.10 Å². The summed E-state index contributed by atoms with van der Waals surface area (Å²) in [6.45, 7) is 6.89. The lowest BCUT2D eigenvalue weighted by molar-refractivity contribution is -0.144. The van der Waals surface area contributed by atoms with Gasteiger partial charge in [0, 0.05) is 11.6 Å². The predicted octanol–water partition coefficient (Wildman–Crippen LogP) is 4.99. The lowest BCUT2D eigenvalue weighted by Gasteiger charge is -2.16. The average molecular weight is 437 g/mol. The second kappa shape index (κ2) is 8.26. The van der Waals surface area contributed by atoms with E-state index in [0.717, 1.165) is 16.7 Å². The number of hydrogen-bond donors (Lipinski definition) is 1. The molecule has 164 valence electrons. The fraction of sp³-hybridized carbons (Fsp3) is 0.217. The first-order valence-electron chi connectivity index (χ1n) is 9.80. The quantitative estimate of drug-likeness (QED) is 0.449. The number of hydrogen-bond acceptors (Lipinski definition) is 7. The smallest absolute Gasteiger partial charge is 0.344 e. The minimum Gasteiger partial charge on any atom is -0.479 e. The molecule has 0 saturated carbocycles. The van der Waals surface area contributed by atoms with Gasteiger partial charge < -0.3 is 19.0 Å². The van der Waals surface area contributed by atoms with E-state index in [4.69, 9.17) is 19.0 Å². The summed E-state index contributed by atoms with van der Waals surface area (Å²) in [4.78, 5) is 23.9. The molecule has 1 unspecified atom stereocenters. The van der Waals surface area contributed by atoms with Crippen LogP contribution in [-0.4, -0.2) is 32.1 Å². The van der Waals surface area contributed by atoms with Crippen molar-refractivity contribution < 1.29 is 28.2 Å². The molecule has 1 N–H and O–H groups in total. The number of ether oxygens (including phenoxy) is 2. The molecule has 4 aromatic rings. The number of aryl methyl sites for hydroxylation is 3. The Kier molecular flexibility index (Phi) is 5.48. The van der Waals surface area contributed by atoms with E-state index in [1.54, 1.807) is 25.1 Å². The number of aliphatic carboxylic acids is 1. The SMILES string of the molecule is Cc1ccc(F)cc1Oc1ncc2nc(-c3cc(C)c(OC(C)C(=O)O)c(C)c3)oc2n1. The maximum atomic E-state index is 13.5. The average Bonchev–Trinajstić information content (AvgIpc) is 3.16. The highest BCUT2D eigenvalue weighted by molar-refractivity contribution is 5.74. The van der Waals surface area contributed by atoms with Crippen LogP contribution in [0.2, 0.25) is 0 Å². The molecule has 0 spiro atoms. The van der Waals surface area contributed by atoms with Crippen molar-refractivity contribution in [2.45, 2.75) is 33.8 Å². The Bertz CT molecular complexity index is 1310. The van der Waals surface area contributed by atoms with E-state index in [1.165, 1.54) is 25.3 Å². The lowest BCUT2D eigenvalue weighted by atomic mass is 10.1. The third kappa shape index (κ3) is 4.22. The minimum absolute atomic E-state index is 0.00710. The Balaban J connectivity index is 1.64. The number of benzene rings is 2. The molecule has 0 fully saturated rings. The molecule has 0 amide bonds. The van der Waals surface area contributed by atoms with Gasteiger partial charge in [-0.2, -0.15) is 4.98 Å². The molecule has 8 nitrogen and oxygen atoms in total. The number of carboxylic acid groups (broad SMARTS) is 1. The monoisotopic (exact) mass is 437 g/mol. The standard InChI is InChI=1S/C23H20FN3O5/c1-11-5-6-16(24)9-18(11)31-23-25-10-17-21(27-23)32-20(26-17)15-7-12(2)19(13(3)8-15)30-14(4)22(28)29/h5-10,14H,1-4H3,(H,28,29). The van der Waals surface area contributed by atoms with E-state index < -0.39 is 17.9 Å². The predicted molar refractivity (Wildman–Crippen MR) is 113 cm³/mol. The number of carbonyl (C=O) groups is 1. The fourth-order valence-electron chi connectivity index (χ4n) is 3.16. The van der Waals surface area contributed by atoms with Gasteiger partial charge in [-0.3, -0.25) is 0 Å². The van der Waals surface area contributed by atoms with Gasteiger partial charge in [-0.05, 0) is 62.6 Å². The van der Waals surface area contributed by atoms with Crippen LogP contribution in [-0.2, 0) is 4.79 Å². The Morgan fingerprint density at radius 1 is 1.09 bits per heavy atom. The van der Waals surface area contributed by atoms with E-state index in [2.05, 4.69) is 15.0 Å². The van der Waals surface area contributed by atoms with Crippen molar-refractivity contribution >= 4 is 17.2 Å². The lowest BCUT2D eigenvalue weighted by Crippen LogP contribution is -2.23. The largest absolute Gasteiger partial charge is 0.479 e. The van der Waals surface area contributed by atoms with Crippen molar-refractivity contribution in [2.24, 2.45) is 0 Å². The molecule has 0 saturated heterocycles. The highest BCUT2D eigenvalue weighted by Gasteiger charge is 2.18. The molecule has 0 radical (unpaired) electrons. The topological polar surface area (TPSA) is 108 Å². The van der Waals surface area contributed by atoms with Crippen molar-refractivity contribution in [3.63, 3.8) is 0 Å². The van der Waals surface area contributed by atoms with Crippen LogP contribution in [0.1, 0.15) is 23.6 Å². The minimum atomic E-state index is -1.04. The molecule has 0 aliphatic heterocycles. The zero-order valence-electron chi connectivity index (χ0n) is 17.8. The van der Waals surface area contributed by atoms with Crippen molar-refractivity contribution in [3.05, 3.63) is 59.0 Å². The Hall–Kier alpha value is -4.01. The molecule has 1 atom stereocenters. The Morgan fingerprint density at radius 2 is 1.81 bits per heavy atom. The van der Waals surface area contributed by atoms with Crippen LogP contribution >= 0.6 is 0 Å². The van der Waals surface area contributed by atoms with Gasteiger partial charge in [0.1, 0.15) is 22.8 Å². The van der Waals surface area contributed by atoms with E-state index in [-0.39, 0.29) is 11.7 Å². The van der Waals surface area contributed by atoms with Gasteiger partial charge in [-0.25, -0.2) is 19.2 Å². The molecular formula is C23H20FN3O5. The molecule has 2 aromatic heterocycles. The van der Waals surface area contributed by atoms with E-state index in [1.807, 2.05) is 13.8 Å². The van der Waals surface area contributed by atoms with Crippen molar-refractivity contribution in [2.75, 3.05) is 0 Å². The second-order valence-corrected chi connectivity index (χ2v) is 7.41. The summed E-state index contributed by atoms with van der Waals surface area (Å²) in [5, 5.41) is 9.09. The van der Waals surface area contributed by atoms with Gasteiger partial charge in [-0.1, -0.05) is 6.07 Å². The van der Waals surface area contributed by atoms with Crippen LogP contribution in [0.3, 0.4) is 0 Å². The summed E-state index contributed by atoms with van der Waals surface area (Å²) in [5.41, 5.74) is 3.54. The summed E-state index contributed by atoms with van der Waals surface area (Å²) < 4.78 is 30.5. The number of carboxylic acids is 1. The molecule has 32 heavy (non-hydrogen) atoms. The number of rotatable bonds is 6. The summed E-state index contributed by atoms with van der Waals surface area (Å²) >= 11 is 0. The maximum absolute atomic E-state index is 13.5. The van der Waals surface area contributed by atoms with Crippen LogP contribution in [0.25, 0.3) is 22.7 Å². The van der Waals surface area contributed by atoms with E-state index in [0.29, 0.717) is 28.5 Å². The first kappa shape index (κ1) is 21.2. The first-order chi connectivity index (χ1) is 15.2. The molecule has 9 heteroatoms. The molecule has 0 aliphatic rings. The summed E-state index contributed by atoms with van der Waals surface area (Å²) in [7, 11) is 0. The van der Waals surface area contributed by atoms with Gasteiger partial charge in [0.25, 0.3) is 5.71 Å². The van der Waals surface area contributed by atoms with E-state index >= 15 is 0 Å². The van der Waals surface area contributed by atoms with Crippen molar-refractivity contribution in [1.29, 1.82) is 0 Å². The summed E-state index contributed by atoms with van der Waals surface area (Å²) in [6, 6.07) is 7.80.